The lowest BCUT2D eigenvalue weighted by atomic mass is 10.0. The van der Waals surface area contributed by atoms with Gasteiger partial charge in [-0.25, -0.2) is 4.39 Å². The predicted molar refractivity (Wildman–Crippen MR) is 76.7 cm³/mol. The molecule has 0 saturated carbocycles. The lowest BCUT2D eigenvalue weighted by Crippen LogP contribution is -2.31. The van der Waals surface area contributed by atoms with Gasteiger partial charge in [-0.2, -0.15) is 0 Å². The van der Waals surface area contributed by atoms with Crippen molar-refractivity contribution in [1.82, 2.24) is 4.90 Å². The fraction of sp³-hybridized carbons (Fsp3) is 0.562. The first kappa shape index (κ1) is 15.0. The molecule has 0 aromatic heterocycles. The van der Waals surface area contributed by atoms with Gasteiger partial charge in [0, 0.05) is 0 Å². The second-order valence-corrected chi connectivity index (χ2v) is 5.58. The minimum absolute atomic E-state index is 0.0732. The van der Waals surface area contributed by atoms with Crippen molar-refractivity contribution >= 4 is 5.78 Å². The average Bonchev–Trinajstić information content (AvgIpc) is 2.63. The Morgan fingerprint density at radius 3 is 2.95 bits per heavy atom. The number of hydrogen-bond acceptors (Lipinski definition) is 3. The highest BCUT2D eigenvalue weighted by molar-refractivity contribution is 6.00. The standard InChI is InChI=1S/C16H22FNO2/c1-12-4-3-8-18(9-7-12)11-15(19)14-10-13(17)5-6-16(14)20-2/h5-6,10,12H,3-4,7-9,11H2,1-2H3. The zero-order chi connectivity index (χ0) is 14.5. The average molecular weight is 279 g/mol. The van der Waals surface area contributed by atoms with E-state index >= 15 is 0 Å². The molecule has 1 atom stereocenters. The lowest BCUT2D eigenvalue weighted by Gasteiger charge is -2.19. The summed E-state index contributed by atoms with van der Waals surface area (Å²) in [6, 6.07) is 4.08. The van der Waals surface area contributed by atoms with Crippen molar-refractivity contribution in [3.63, 3.8) is 0 Å². The Balaban J connectivity index is 2.06. The van der Waals surface area contributed by atoms with Crippen LogP contribution in [0.2, 0.25) is 0 Å². The van der Waals surface area contributed by atoms with Crippen LogP contribution >= 0.6 is 0 Å². The van der Waals surface area contributed by atoms with Gasteiger partial charge >= 0.3 is 0 Å². The highest BCUT2D eigenvalue weighted by Gasteiger charge is 2.19. The van der Waals surface area contributed by atoms with Crippen LogP contribution in [-0.2, 0) is 0 Å². The van der Waals surface area contributed by atoms with Gasteiger partial charge in [0.05, 0.1) is 19.2 Å². The summed E-state index contributed by atoms with van der Waals surface area (Å²) in [4.78, 5) is 14.5. The molecule has 0 spiro atoms. The molecular weight excluding hydrogens is 257 g/mol. The number of carbonyl (C=O) groups is 1. The van der Waals surface area contributed by atoms with E-state index in [9.17, 15) is 9.18 Å². The first-order valence-electron chi connectivity index (χ1n) is 7.19. The topological polar surface area (TPSA) is 29.5 Å². The van der Waals surface area contributed by atoms with E-state index < -0.39 is 5.82 Å². The normalized spacial score (nSPS) is 20.4. The van der Waals surface area contributed by atoms with Gasteiger partial charge in [-0.05, 0) is 56.5 Å². The van der Waals surface area contributed by atoms with Crippen molar-refractivity contribution in [2.24, 2.45) is 5.92 Å². The number of rotatable bonds is 4. The second kappa shape index (κ2) is 6.84. The number of likely N-dealkylation sites (tertiary alicyclic amines) is 1. The number of nitrogens with zero attached hydrogens (tertiary/aromatic N) is 1. The van der Waals surface area contributed by atoms with Crippen molar-refractivity contribution in [3.8, 4) is 5.75 Å². The van der Waals surface area contributed by atoms with Crippen molar-refractivity contribution in [1.29, 1.82) is 0 Å². The molecule has 0 bridgehead atoms. The Kier molecular flexibility index (Phi) is 5.12. The van der Waals surface area contributed by atoms with Gasteiger partial charge in [-0.3, -0.25) is 9.69 Å². The Bertz CT molecular complexity index is 476. The van der Waals surface area contributed by atoms with E-state index in [0.717, 1.165) is 31.8 Å². The monoisotopic (exact) mass is 279 g/mol. The molecule has 1 saturated heterocycles. The van der Waals surface area contributed by atoms with Crippen molar-refractivity contribution < 1.29 is 13.9 Å². The first-order valence-corrected chi connectivity index (χ1v) is 7.19. The van der Waals surface area contributed by atoms with Crippen LogP contribution in [0, 0.1) is 11.7 Å². The Hall–Kier alpha value is -1.42. The Morgan fingerprint density at radius 1 is 1.40 bits per heavy atom. The Labute approximate surface area is 119 Å². The summed E-state index contributed by atoms with van der Waals surface area (Å²) in [5, 5.41) is 0. The molecule has 1 fully saturated rings. The Morgan fingerprint density at radius 2 is 2.20 bits per heavy atom. The van der Waals surface area contributed by atoms with E-state index in [-0.39, 0.29) is 5.78 Å². The molecule has 0 radical (unpaired) electrons. The highest BCUT2D eigenvalue weighted by atomic mass is 19.1. The largest absolute Gasteiger partial charge is 0.496 e. The van der Waals surface area contributed by atoms with Crippen LogP contribution in [-0.4, -0.2) is 37.4 Å². The van der Waals surface area contributed by atoms with Crippen LogP contribution in [0.4, 0.5) is 4.39 Å². The van der Waals surface area contributed by atoms with E-state index in [1.807, 2.05) is 0 Å². The molecule has 4 heteroatoms. The quantitative estimate of drug-likeness (QED) is 0.793. The van der Waals surface area contributed by atoms with Gasteiger partial charge in [0.15, 0.2) is 5.78 Å². The van der Waals surface area contributed by atoms with E-state index in [0.29, 0.717) is 17.9 Å². The minimum Gasteiger partial charge on any atom is -0.496 e. The summed E-state index contributed by atoms with van der Waals surface area (Å²) in [5.74, 6) is 0.688. The van der Waals surface area contributed by atoms with E-state index in [1.165, 1.54) is 31.7 Å². The van der Waals surface area contributed by atoms with Gasteiger partial charge in [-0.15, -0.1) is 0 Å². The third-order valence-electron chi connectivity index (χ3n) is 3.94. The maximum absolute atomic E-state index is 13.3. The molecule has 1 aliphatic rings. The fourth-order valence-electron chi connectivity index (χ4n) is 2.67. The van der Waals surface area contributed by atoms with Gasteiger partial charge in [0.2, 0.25) is 0 Å². The maximum Gasteiger partial charge on any atom is 0.180 e. The fourth-order valence-corrected chi connectivity index (χ4v) is 2.67. The number of ether oxygens (including phenoxy) is 1. The van der Waals surface area contributed by atoms with Crippen LogP contribution in [0.15, 0.2) is 18.2 Å². The van der Waals surface area contributed by atoms with Gasteiger partial charge in [-0.1, -0.05) is 6.92 Å². The molecular formula is C16H22FNO2. The number of carbonyl (C=O) groups excluding carboxylic acids is 1. The molecule has 0 aliphatic carbocycles. The number of benzene rings is 1. The number of methoxy groups -OCH3 is 1. The SMILES string of the molecule is COc1ccc(F)cc1C(=O)CN1CCCC(C)CC1. The molecule has 0 amide bonds. The van der Waals surface area contributed by atoms with Gasteiger partial charge in [0.1, 0.15) is 11.6 Å². The lowest BCUT2D eigenvalue weighted by molar-refractivity contribution is 0.0929. The van der Waals surface area contributed by atoms with E-state index in [1.54, 1.807) is 0 Å². The molecule has 1 aromatic carbocycles. The van der Waals surface area contributed by atoms with Crippen LogP contribution in [0.3, 0.4) is 0 Å². The third-order valence-corrected chi connectivity index (χ3v) is 3.94. The summed E-state index contributed by atoms with van der Waals surface area (Å²) >= 11 is 0. The summed E-state index contributed by atoms with van der Waals surface area (Å²) in [6.45, 7) is 4.46. The van der Waals surface area contributed by atoms with E-state index in [4.69, 9.17) is 4.74 Å². The van der Waals surface area contributed by atoms with Gasteiger partial charge in [0.25, 0.3) is 0 Å². The van der Waals surface area contributed by atoms with Crippen LogP contribution in [0.25, 0.3) is 0 Å². The summed E-state index contributed by atoms with van der Waals surface area (Å²) in [6.07, 6.45) is 3.45. The maximum atomic E-state index is 13.3. The molecule has 110 valence electrons. The number of hydrogen-bond donors (Lipinski definition) is 0. The highest BCUT2D eigenvalue weighted by Crippen LogP contribution is 2.21. The van der Waals surface area contributed by atoms with Crippen molar-refractivity contribution in [3.05, 3.63) is 29.6 Å². The molecule has 3 nitrogen and oxygen atoms in total. The van der Waals surface area contributed by atoms with Crippen LogP contribution in [0.5, 0.6) is 5.75 Å². The smallest absolute Gasteiger partial charge is 0.180 e. The second-order valence-electron chi connectivity index (χ2n) is 5.58. The van der Waals surface area contributed by atoms with Crippen LogP contribution in [0.1, 0.15) is 36.5 Å². The number of Topliss-reactive ketones (excluding diaryl/α,β-unsaturated/α-hetero) is 1. The zero-order valence-corrected chi connectivity index (χ0v) is 12.2. The van der Waals surface area contributed by atoms with Gasteiger partial charge < -0.3 is 4.74 Å². The number of ketones is 1. The molecule has 2 rings (SSSR count). The first-order chi connectivity index (χ1) is 9.60. The predicted octanol–water partition coefficient (Wildman–Crippen LogP) is 3.14. The molecule has 0 N–H and O–H groups in total. The molecule has 1 aromatic rings. The van der Waals surface area contributed by atoms with E-state index in [2.05, 4.69) is 11.8 Å². The molecule has 20 heavy (non-hydrogen) atoms. The van der Waals surface area contributed by atoms with Crippen molar-refractivity contribution in [2.45, 2.75) is 26.2 Å². The minimum atomic E-state index is -0.404. The zero-order valence-electron chi connectivity index (χ0n) is 12.2. The molecule has 1 aliphatic heterocycles. The molecule has 1 heterocycles. The van der Waals surface area contributed by atoms with Crippen molar-refractivity contribution in [2.75, 3.05) is 26.7 Å². The summed E-state index contributed by atoms with van der Waals surface area (Å²) in [5.41, 5.74) is 0.338. The summed E-state index contributed by atoms with van der Waals surface area (Å²) < 4.78 is 18.5. The summed E-state index contributed by atoms with van der Waals surface area (Å²) in [7, 11) is 1.50. The number of halogens is 1. The van der Waals surface area contributed by atoms with Crippen LogP contribution < -0.4 is 4.74 Å². The molecule has 1 unspecified atom stereocenters. The third kappa shape index (κ3) is 3.79.